The highest BCUT2D eigenvalue weighted by Gasteiger charge is 2.54. The number of aliphatic hydroxyl groups excluding tert-OH is 1. The first-order valence-electron chi connectivity index (χ1n) is 10.9. The number of aliphatic hydroxyl groups is 1. The Bertz CT molecular complexity index is 1070. The molecular formula is C22H31N3O5S. The summed E-state index contributed by atoms with van der Waals surface area (Å²) in [6.07, 6.45) is 3.41. The van der Waals surface area contributed by atoms with E-state index in [2.05, 4.69) is 16.0 Å². The molecule has 9 heteroatoms. The molecule has 0 aliphatic carbocycles. The van der Waals surface area contributed by atoms with Gasteiger partial charge < -0.3 is 24.5 Å². The van der Waals surface area contributed by atoms with Gasteiger partial charge in [0.2, 0.25) is 10.0 Å². The molecule has 31 heavy (non-hydrogen) atoms. The van der Waals surface area contributed by atoms with E-state index in [1.54, 1.807) is 7.11 Å². The molecule has 1 atom stereocenters. The first kappa shape index (κ1) is 21.2. The smallest absolute Gasteiger partial charge is 0.211 e. The number of fused-ring (bicyclic) bond motifs is 4. The number of methoxy groups -OCH3 is 1. The van der Waals surface area contributed by atoms with Gasteiger partial charge in [0.15, 0.2) is 0 Å². The van der Waals surface area contributed by atoms with E-state index in [1.807, 2.05) is 12.1 Å². The van der Waals surface area contributed by atoms with Gasteiger partial charge in [-0.3, -0.25) is 0 Å². The van der Waals surface area contributed by atoms with Crippen LogP contribution in [0.5, 0.6) is 5.75 Å². The Kier molecular flexibility index (Phi) is 5.29. The lowest BCUT2D eigenvalue weighted by Gasteiger charge is -2.56. The van der Waals surface area contributed by atoms with E-state index in [4.69, 9.17) is 9.47 Å². The third-order valence-electron chi connectivity index (χ3n) is 7.21. The zero-order valence-corrected chi connectivity index (χ0v) is 19.0. The van der Waals surface area contributed by atoms with E-state index in [0.29, 0.717) is 12.5 Å². The third-order valence-corrected chi connectivity index (χ3v) is 8.45. The van der Waals surface area contributed by atoms with E-state index < -0.39 is 16.1 Å². The van der Waals surface area contributed by atoms with Crippen molar-refractivity contribution < 1.29 is 23.0 Å². The molecule has 1 aromatic heterocycles. The van der Waals surface area contributed by atoms with Gasteiger partial charge in [-0.15, -0.1) is 0 Å². The van der Waals surface area contributed by atoms with Gasteiger partial charge in [-0.2, -0.15) is 4.31 Å². The largest absolute Gasteiger partial charge is 0.497 e. The summed E-state index contributed by atoms with van der Waals surface area (Å²) < 4.78 is 37.7. The van der Waals surface area contributed by atoms with Crippen LogP contribution in [0.2, 0.25) is 0 Å². The van der Waals surface area contributed by atoms with Crippen LogP contribution in [0.3, 0.4) is 0 Å². The van der Waals surface area contributed by atoms with Crippen LogP contribution in [0.15, 0.2) is 18.2 Å². The lowest BCUT2D eigenvalue weighted by Crippen LogP contribution is -2.67. The van der Waals surface area contributed by atoms with Crippen LogP contribution in [0, 0.1) is 5.92 Å². The summed E-state index contributed by atoms with van der Waals surface area (Å²) in [6, 6.07) is 5.34. The normalized spacial score (nSPS) is 24.9. The zero-order valence-electron chi connectivity index (χ0n) is 18.1. The molecule has 0 bridgehead atoms. The molecule has 2 fully saturated rings. The maximum atomic E-state index is 12.7. The first-order chi connectivity index (χ1) is 14.8. The SMILES string of the molecule is COc1ccc2c3c([nH]c2c1)[C@H](CO)N(S(C)(=O)=O)CC31CN(CC2CCOCC2)C1. The molecule has 0 unspecified atom stereocenters. The van der Waals surface area contributed by atoms with Gasteiger partial charge in [-0.25, -0.2) is 8.42 Å². The summed E-state index contributed by atoms with van der Waals surface area (Å²) in [5.41, 5.74) is 2.61. The minimum atomic E-state index is -3.48. The molecule has 3 aliphatic rings. The van der Waals surface area contributed by atoms with Crippen molar-refractivity contribution in [1.82, 2.24) is 14.2 Å². The molecule has 0 amide bonds. The minimum Gasteiger partial charge on any atom is -0.497 e. The number of hydrogen-bond acceptors (Lipinski definition) is 6. The number of aromatic nitrogens is 1. The van der Waals surface area contributed by atoms with Gasteiger partial charge in [0.05, 0.1) is 26.0 Å². The molecule has 5 rings (SSSR count). The molecule has 0 radical (unpaired) electrons. The second kappa shape index (κ2) is 7.74. The van der Waals surface area contributed by atoms with Crippen molar-refractivity contribution in [1.29, 1.82) is 0 Å². The van der Waals surface area contributed by atoms with Crippen LogP contribution in [-0.2, 0) is 20.2 Å². The summed E-state index contributed by atoms with van der Waals surface area (Å²) in [5, 5.41) is 11.2. The van der Waals surface area contributed by atoms with Gasteiger partial charge in [-0.1, -0.05) is 0 Å². The fraction of sp³-hybridized carbons (Fsp3) is 0.636. The predicted molar refractivity (Wildman–Crippen MR) is 118 cm³/mol. The van der Waals surface area contributed by atoms with E-state index in [9.17, 15) is 13.5 Å². The second-order valence-electron chi connectivity index (χ2n) is 9.34. The molecule has 2 aromatic rings. The van der Waals surface area contributed by atoms with Crippen LogP contribution in [0.1, 0.15) is 30.1 Å². The number of hydrogen-bond donors (Lipinski definition) is 2. The van der Waals surface area contributed by atoms with Crippen molar-refractivity contribution in [3.8, 4) is 5.75 Å². The van der Waals surface area contributed by atoms with Crippen molar-refractivity contribution in [2.24, 2.45) is 5.92 Å². The highest BCUT2D eigenvalue weighted by Crippen LogP contribution is 2.49. The van der Waals surface area contributed by atoms with E-state index in [-0.39, 0.29) is 12.0 Å². The molecule has 2 N–H and O–H groups in total. The van der Waals surface area contributed by atoms with Crippen LogP contribution >= 0.6 is 0 Å². The van der Waals surface area contributed by atoms with Crippen LogP contribution in [-0.4, -0.2) is 87.1 Å². The van der Waals surface area contributed by atoms with Crippen LogP contribution in [0.4, 0.5) is 0 Å². The molecular weight excluding hydrogens is 418 g/mol. The van der Waals surface area contributed by atoms with Crippen molar-refractivity contribution in [2.75, 3.05) is 59.4 Å². The fourth-order valence-corrected chi connectivity index (χ4v) is 6.92. The Hall–Kier alpha value is -1.65. The van der Waals surface area contributed by atoms with Gasteiger partial charge in [-0.05, 0) is 36.5 Å². The maximum absolute atomic E-state index is 12.7. The Balaban J connectivity index is 1.54. The monoisotopic (exact) mass is 449 g/mol. The van der Waals surface area contributed by atoms with Crippen molar-refractivity contribution >= 4 is 20.9 Å². The number of sulfonamides is 1. The van der Waals surface area contributed by atoms with Gasteiger partial charge in [0.1, 0.15) is 5.75 Å². The zero-order chi connectivity index (χ0) is 21.8. The van der Waals surface area contributed by atoms with E-state index >= 15 is 0 Å². The predicted octanol–water partition coefficient (Wildman–Crippen LogP) is 1.47. The van der Waals surface area contributed by atoms with Gasteiger partial charge >= 0.3 is 0 Å². The van der Waals surface area contributed by atoms with E-state index in [0.717, 1.165) is 73.6 Å². The molecule has 1 spiro atoms. The lowest BCUT2D eigenvalue weighted by atomic mass is 9.69. The number of likely N-dealkylation sites (tertiary alicyclic amines) is 1. The quantitative estimate of drug-likeness (QED) is 0.718. The summed E-state index contributed by atoms with van der Waals surface area (Å²) in [4.78, 5) is 5.88. The second-order valence-corrected chi connectivity index (χ2v) is 11.3. The third kappa shape index (κ3) is 3.56. The lowest BCUT2D eigenvalue weighted by molar-refractivity contribution is -0.00550. The highest BCUT2D eigenvalue weighted by molar-refractivity contribution is 7.88. The standard InChI is InChI=1S/C22H31N3O5S/c1-29-16-3-4-17-18(9-16)23-21-19(11-26)25(31(2,27)28)14-22(20(17)21)12-24(13-22)10-15-5-7-30-8-6-15/h3-4,9,15,19,23,26H,5-8,10-14H2,1-2H3/t19-/m0/s1. The Morgan fingerprint density at radius 3 is 2.65 bits per heavy atom. The summed E-state index contributed by atoms with van der Waals surface area (Å²) in [5.74, 6) is 1.38. The van der Waals surface area contributed by atoms with Crippen molar-refractivity contribution in [2.45, 2.75) is 24.3 Å². The van der Waals surface area contributed by atoms with Crippen molar-refractivity contribution in [3.05, 3.63) is 29.5 Å². The average Bonchev–Trinajstić information content (AvgIpc) is 3.11. The summed E-state index contributed by atoms with van der Waals surface area (Å²) in [6.45, 7) is 4.47. The van der Waals surface area contributed by atoms with Crippen molar-refractivity contribution in [3.63, 3.8) is 0 Å². The molecule has 8 nitrogen and oxygen atoms in total. The number of rotatable bonds is 5. The number of nitrogens with zero attached hydrogens (tertiary/aromatic N) is 2. The Morgan fingerprint density at radius 2 is 2.00 bits per heavy atom. The molecule has 1 aromatic carbocycles. The van der Waals surface area contributed by atoms with Gasteiger partial charge in [0, 0.05) is 67.5 Å². The molecule has 4 heterocycles. The molecule has 2 saturated heterocycles. The summed E-state index contributed by atoms with van der Waals surface area (Å²) in [7, 11) is -1.85. The van der Waals surface area contributed by atoms with Gasteiger partial charge in [0.25, 0.3) is 0 Å². The minimum absolute atomic E-state index is 0.258. The Morgan fingerprint density at radius 1 is 1.26 bits per heavy atom. The Labute approximate surface area is 183 Å². The number of ether oxygens (including phenoxy) is 2. The maximum Gasteiger partial charge on any atom is 0.211 e. The molecule has 0 saturated carbocycles. The fourth-order valence-electron chi connectivity index (χ4n) is 5.80. The molecule has 3 aliphatic heterocycles. The van der Waals surface area contributed by atoms with Crippen LogP contribution in [0.25, 0.3) is 10.9 Å². The molecule has 170 valence electrons. The van der Waals surface area contributed by atoms with E-state index in [1.165, 1.54) is 10.6 Å². The topological polar surface area (TPSA) is 95.1 Å². The highest BCUT2D eigenvalue weighted by atomic mass is 32.2. The summed E-state index contributed by atoms with van der Waals surface area (Å²) >= 11 is 0. The number of nitrogens with one attached hydrogen (secondary N) is 1. The average molecular weight is 450 g/mol. The first-order valence-corrected chi connectivity index (χ1v) is 12.8. The number of benzene rings is 1. The number of aromatic amines is 1. The van der Waals surface area contributed by atoms with Crippen LogP contribution < -0.4 is 4.74 Å². The number of H-pyrrole nitrogens is 1.